The minimum atomic E-state index is -0.348. The van der Waals surface area contributed by atoms with Crippen LogP contribution in [0, 0.1) is 5.92 Å². The molecule has 0 spiro atoms. The zero-order valence-corrected chi connectivity index (χ0v) is 18.7. The monoisotopic (exact) mass is 434 g/mol. The number of likely N-dealkylation sites (tertiary alicyclic amines) is 1. The van der Waals surface area contributed by atoms with Gasteiger partial charge in [-0.1, -0.05) is 72.0 Å². The van der Waals surface area contributed by atoms with Crippen molar-refractivity contribution in [3.8, 4) is 0 Å². The van der Waals surface area contributed by atoms with E-state index in [1.165, 1.54) is 11.3 Å². The molecule has 2 aromatic carbocycles. The van der Waals surface area contributed by atoms with E-state index in [1.807, 2.05) is 48.5 Å². The van der Waals surface area contributed by atoms with Crippen molar-refractivity contribution in [2.45, 2.75) is 38.1 Å². The molecule has 0 saturated carbocycles. The molecule has 2 atom stereocenters. The second-order valence-corrected chi connectivity index (χ2v) is 9.38. The number of nitrogens with zero attached hydrogens (tertiary/aromatic N) is 3. The third-order valence-corrected chi connectivity index (χ3v) is 7.19. The highest BCUT2D eigenvalue weighted by molar-refractivity contribution is 7.15. The topological polar surface area (TPSA) is 75.2 Å². The van der Waals surface area contributed by atoms with E-state index in [2.05, 4.69) is 41.5 Å². The average Bonchev–Trinajstić information content (AvgIpc) is 3.26. The van der Waals surface area contributed by atoms with E-state index in [1.54, 1.807) is 11.9 Å². The summed E-state index contributed by atoms with van der Waals surface area (Å²) in [6.45, 7) is 4.20. The Labute approximate surface area is 186 Å². The Bertz CT molecular complexity index is 1070. The number of hydrogen-bond acceptors (Lipinski definition) is 5. The lowest BCUT2D eigenvalue weighted by molar-refractivity contribution is -0.140. The minimum Gasteiger partial charge on any atom is -0.338 e. The van der Waals surface area contributed by atoms with Gasteiger partial charge in [-0.15, -0.1) is 10.2 Å². The number of carbonyl (C=O) groups excluding carboxylic acids is 2. The van der Waals surface area contributed by atoms with Crippen LogP contribution in [0.4, 0.5) is 5.13 Å². The van der Waals surface area contributed by atoms with Gasteiger partial charge in [-0.25, -0.2) is 0 Å². The van der Waals surface area contributed by atoms with Gasteiger partial charge in [0.15, 0.2) is 0 Å². The maximum Gasteiger partial charge on any atom is 0.231 e. The molecule has 0 aliphatic carbocycles. The summed E-state index contributed by atoms with van der Waals surface area (Å²) in [5.74, 6) is -0.422. The summed E-state index contributed by atoms with van der Waals surface area (Å²) >= 11 is 1.39. The lowest BCUT2D eigenvalue weighted by Gasteiger charge is -2.38. The molecule has 0 radical (unpaired) electrons. The first-order chi connectivity index (χ1) is 14.9. The molecule has 4 rings (SSSR count). The van der Waals surface area contributed by atoms with Crippen molar-refractivity contribution in [2.24, 2.45) is 5.92 Å². The fraction of sp³-hybridized carbons (Fsp3) is 0.333. The third kappa shape index (κ3) is 4.23. The summed E-state index contributed by atoms with van der Waals surface area (Å²) in [5.41, 5.74) is 1.79. The molecule has 1 aliphatic heterocycles. The van der Waals surface area contributed by atoms with Crippen LogP contribution in [0.5, 0.6) is 0 Å². The Kier molecular flexibility index (Phi) is 5.87. The molecule has 1 aromatic heterocycles. The fourth-order valence-corrected chi connectivity index (χ4v) is 4.99. The van der Waals surface area contributed by atoms with Crippen molar-refractivity contribution in [2.75, 3.05) is 12.4 Å². The summed E-state index contributed by atoms with van der Waals surface area (Å²) in [7, 11) is 1.77. The number of amides is 2. The predicted molar refractivity (Wildman–Crippen MR) is 122 cm³/mol. The lowest BCUT2D eigenvalue weighted by Crippen LogP contribution is -2.44. The molecule has 1 fully saturated rings. The number of nitrogens with one attached hydrogen (secondary N) is 1. The molecular formula is C24H26N4O2S. The zero-order chi connectivity index (χ0) is 22.0. The Hall–Kier alpha value is -3.06. The van der Waals surface area contributed by atoms with Crippen LogP contribution in [0.3, 0.4) is 0 Å². The molecule has 2 heterocycles. The van der Waals surface area contributed by atoms with Crippen molar-refractivity contribution in [1.29, 1.82) is 0 Å². The summed E-state index contributed by atoms with van der Waals surface area (Å²) in [5, 5.41) is 12.9. The second kappa shape index (κ2) is 8.59. The highest BCUT2D eigenvalue weighted by Crippen LogP contribution is 2.38. The number of anilines is 1. The largest absolute Gasteiger partial charge is 0.338 e. The lowest BCUT2D eigenvalue weighted by atomic mass is 9.84. The summed E-state index contributed by atoms with van der Waals surface area (Å²) in [4.78, 5) is 27.2. The van der Waals surface area contributed by atoms with Gasteiger partial charge < -0.3 is 10.2 Å². The number of benzene rings is 2. The molecule has 160 valence electrons. The van der Waals surface area contributed by atoms with Gasteiger partial charge in [0.05, 0.1) is 12.0 Å². The first kappa shape index (κ1) is 21.2. The Morgan fingerprint density at radius 2 is 1.71 bits per heavy atom. The van der Waals surface area contributed by atoms with Crippen LogP contribution in [0.1, 0.15) is 48.9 Å². The molecule has 3 aromatic rings. The van der Waals surface area contributed by atoms with Crippen molar-refractivity contribution < 1.29 is 9.59 Å². The first-order valence-corrected chi connectivity index (χ1v) is 11.2. The number of carbonyl (C=O) groups is 2. The van der Waals surface area contributed by atoms with Crippen LogP contribution in [0.25, 0.3) is 0 Å². The van der Waals surface area contributed by atoms with Crippen LogP contribution in [0.15, 0.2) is 60.7 Å². The smallest absolute Gasteiger partial charge is 0.231 e. The maximum atomic E-state index is 13.2. The summed E-state index contributed by atoms with van der Waals surface area (Å²) in [6, 6.07) is 19.6. The van der Waals surface area contributed by atoms with Gasteiger partial charge in [-0.2, -0.15) is 0 Å². The normalized spacial score (nSPS) is 19.3. The standard InChI is InChI=1S/C24H26N4O2S/c1-24(2,17-12-8-5-9-13-17)22-26-27-23(31-22)25-21(30)18-14-15-19(29)28(3)20(18)16-10-6-4-7-11-16/h4-13,18,20H,14-15H2,1-3H3,(H,25,27,30). The number of hydrogen-bond donors (Lipinski definition) is 1. The molecule has 0 bridgehead atoms. The third-order valence-electron chi connectivity index (χ3n) is 6.02. The van der Waals surface area contributed by atoms with Gasteiger partial charge in [-0.3, -0.25) is 9.59 Å². The molecule has 1 N–H and O–H groups in total. The predicted octanol–water partition coefficient (Wildman–Crippen LogP) is 4.41. The van der Waals surface area contributed by atoms with Crippen LogP contribution in [-0.4, -0.2) is 34.0 Å². The molecular weight excluding hydrogens is 408 g/mol. The zero-order valence-electron chi connectivity index (χ0n) is 17.9. The SMILES string of the molecule is CN1C(=O)CCC(C(=O)Nc2nnc(C(C)(C)c3ccccc3)s2)C1c1ccccc1. The highest BCUT2D eigenvalue weighted by atomic mass is 32.1. The van der Waals surface area contributed by atoms with Crippen molar-refractivity contribution >= 4 is 28.3 Å². The number of rotatable bonds is 5. The van der Waals surface area contributed by atoms with Crippen LogP contribution >= 0.6 is 11.3 Å². The highest BCUT2D eigenvalue weighted by Gasteiger charge is 2.39. The van der Waals surface area contributed by atoms with Crippen LogP contribution < -0.4 is 5.32 Å². The van der Waals surface area contributed by atoms with Crippen LogP contribution in [-0.2, 0) is 15.0 Å². The Morgan fingerprint density at radius 1 is 1.06 bits per heavy atom. The fourth-order valence-electron chi connectivity index (χ4n) is 4.12. The van der Waals surface area contributed by atoms with E-state index in [9.17, 15) is 9.59 Å². The van der Waals surface area contributed by atoms with E-state index < -0.39 is 0 Å². The summed E-state index contributed by atoms with van der Waals surface area (Å²) < 4.78 is 0. The average molecular weight is 435 g/mol. The Morgan fingerprint density at radius 3 is 2.39 bits per heavy atom. The minimum absolute atomic E-state index is 0.0562. The van der Waals surface area contributed by atoms with Gasteiger partial charge in [0.2, 0.25) is 16.9 Å². The molecule has 2 amide bonds. The van der Waals surface area contributed by atoms with Crippen LogP contribution in [0.2, 0.25) is 0 Å². The molecule has 1 saturated heterocycles. The summed E-state index contributed by atoms with van der Waals surface area (Å²) in [6.07, 6.45) is 0.871. The quantitative estimate of drug-likeness (QED) is 0.645. The van der Waals surface area contributed by atoms with E-state index >= 15 is 0 Å². The molecule has 31 heavy (non-hydrogen) atoms. The molecule has 7 heteroatoms. The maximum absolute atomic E-state index is 13.2. The van der Waals surface area contributed by atoms with Crippen molar-refractivity contribution in [3.63, 3.8) is 0 Å². The number of piperidine rings is 1. The van der Waals surface area contributed by atoms with Crippen molar-refractivity contribution in [3.05, 3.63) is 76.8 Å². The molecule has 2 unspecified atom stereocenters. The van der Waals surface area contributed by atoms with E-state index in [-0.39, 0.29) is 29.2 Å². The number of aromatic nitrogens is 2. The van der Waals surface area contributed by atoms with Gasteiger partial charge in [-0.05, 0) is 31.4 Å². The Balaban J connectivity index is 1.55. The van der Waals surface area contributed by atoms with Gasteiger partial charge in [0, 0.05) is 18.9 Å². The van der Waals surface area contributed by atoms with E-state index in [0.717, 1.165) is 16.1 Å². The van der Waals surface area contributed by atoms with Gasteiger partial charge in [0.1, 0.15) is 5.01 Å². The van der Waals surface area contributed by atoms with E-state index in [4.69, 9.17) is 0 Å². The van der Waals surface area contributed by atoms with E-state index in [0.29, 0.717) is 18.0 Å². The van der Waals surface area contributed by atoms with Gasteiger partial charge in [0.25, 0.3) is 0 Å². The van der Waals surface area contributed by atoms with Gasteiger partial charge >= 0.3 is 0 Å². The van der Waals surface area contributed by atoms with Crippen molar-refractivity contribution in [1.82, 2.24) is 15.1 Å². The second-order valence-electron chi connectivity index (χ2n) is 8.40. The molecule has 1 aliphatic rings. The molecule has 6 nitrogen and oxygen atoms in total. The first-order valence-electron chi connectivity index (χ1n) is 10.4.